The Morgan fingerprint density at radius 1 is 1.43 bits per heavy atom. The van der Waals surface area contributed by atoms with Gasteiger partial charge in [0.15, 0.2) is 0 Å². The summed E-state index contributed by atoms with van der Waals surface area (Å²) in [5.74, 6) is 0. The van der Waals surface area contributed by atoms with E-state index in [0.29, 0.717) is 18.0 Å². The Kier molecular flexibility index (Phi) is 5.15. The van der Waals surface area contributed by atoms with Gasteiger partial charge >= 0.3 is 0 Å². The van der Waals surface area contributed by atoms with Crippen LogP contribution in [0.5, 0.6) is 0 Å². The minimum Gasteiger partial charge on any atom is -0.326 e. The average Bonchev–Trinajstić information content (AvgIpc) is 3.01. The quantitative estimate of drug-likeness (QED) is 0.670. The fourth-order valence-corrected chi connectivity index (χ4v) is 4.67. The summed E-state index contributed by atoms with van der Waals surface area (Å²) in [6.07, 6.45) is 3.30. The Bertz CT molecular complexity index is 704. The van der Waals surface area contributed by atoms with E-state index in [1.54, 1.807) is 19.2 Å². The zero-order valence-electron chi connectivity index (χ0n) is 12.1. The third-order valence-corrected chi connectivity index (χ3v) is 6.05. The van der Waals surface area contributed by atoms with Crippen molar-refractivity contribution < 1.29 is 8.42 Å². The highest BCUT2D eigenvalue weighted by Crippen LogP contribution is 2.25. The largest absolute Gasteiger partial charge is 0.326 e. The predicted molar refractivity (Wildman–Crippen MR) is 83.8 cm³/mol. The topological polar surface area (TPSA) is 101 Å². The molecule has 21 heavy (non-hydrogen) atoms. The van der Waals surface area contributed by atoms with Crippen LogP contribution in [0.3, 0.4) is 0 Å². The van der Waals surface area contributed by atoms with Crippen molar-refractivity contribution in [3.8, 4) is 0 Å². The van der Waals surface area contributed by atoms with Crippen LogP contribution < -0.4 is 10.5 Å². The molecule has 0 saturated carbocycles. The van der Waals surface area contributed by atoms with Crippen molar-refractivity contribution in [1.82, 2.24) is 14.9 Å². The summed E-state index contributed by atoms with van der Waals surface area (Å²) in [5.41, 5.74) is 7.70. The normalized spacial score (nSPS) is 12.0. The number of hydrogen-bond acceptors (Lipinski definition) is 5. The van der Waals surface area contributed by atoms with Gasteiger partial charge in [-0.25, -0.2) is 13.1 Å². The van der Waals surface area contributed by atoms with Gasteiger partial charge in [-0.15, -0.1) is 11.3 Å². The third-order valence-electron chi connectivity index (χ3n) is 3.26. The second-order valence-corrected chi connectivity index (χ2v) is 7.94. The van der Waals surface area contributed by atoms with E-state index in [4.69, 9.17) is 5.73 Å². The van der Waals surface area contributed by atoms with E-state index in [1.165, 1.54) is 11.3 Å². The van der Waals surface area contributed by atoms with Crippen LogP contribution in [0.15, 0.2) is 17.2 Å². The highest BCUT2D eigenvalue weighted by molar-refractivity contribution is 7.89. The van der Waals surface area contributed by atoms with E-state index in [-0.39, 0.29) is 0 Å². The van der Waals surface area contributed by atoms with Crippen molar-refractivity contribution in [2.24, 2.45) is 5.73 Å². The molecule has 0 amide bonds. The maximum absolute atomic E-state index is 12.2. The number of aromatic amines is 1. The number of hydrogen-bond donors (Lipinski definition) is 3. The van der Waals surface area contributed by atoms with E-state index in [2.05, 4.69) is 14.9 Å². The lowest BCUT2D eigenvalue weighted by atomic mass is 10.1. The molecule has 0 saturated heterocycles. The molecular weight excluding hydrogens is 308 g/mol. The SMILES string of the molecule is Cc1[nH]ncc1CCCNS(=O)(=O)c1cc(CN)sc1C. The summed E-state index contributed by atoms with van der Waals surface area (Å²) in [6, 6.07) is 1.66. The fourth-order valence-electron chi connectivity index (χ4n) is 2.08. The zero-order chi connectivity index (χ0) is 15.5. The van der Waals surface area contributed by atoms with Gasteiger partial charge in [-0.3, -0.25) is 5.10 Å². The van der Waals surface area contributed by atoms with Gasteiger partial charge in [-0.05, 0) is 38.3 Å². The highest BCUT2D eigenvalue weighted by Gasteiger charge is 2.19. The molecule has 0 aliphatic carbocycles. The molecule has 0 aliphatic rings. The van der Waals surface area contributed by atoms with Gasteiger partial charge in [0.2, 0.25) is 10.0 Å². The van der Waals surface area contributed by atoms with Gasteiger partial charge in [-0.1, -0.05) is 0 Å². The molecule has 0 aromatic carbocycles. The Morgan fingerprint density at radius 2 is 2.19 bits per heavy atom. The Morgan fingerprint density at radius 3 is 2.76 bits per heavy atom. The number of H-pyrrole nitrogens is 1. The van der Waals surface area contributed by atoms with Crippen molar-refractivity contribution >= 4 is 21.4 Å². The van der Waals surface area contributed by atoms with Gasteiger partial charge in [0.1, 0.15) is 0 Å². The van der Waals surface area contributed by atoms with Crippen LogP contribution in [0.2, 0.25) is 0 Å². The van der Waals surface area contributed by atoms with Crippen LogP contribution in [0.1, 0.15) is 27.4 Å². The molecule has 0 bridgehead atoms. The summed E-state index contributed by atoms with van der Waals surface area (Å²) in [7, 11) is -3.45. The minimum absolute atomic E-state index is 0.340. The first-order valence-corrected chi connectivity index (χ1v) is 9.02. The first-order valence-electron chi connectivity index (χ1n) is 6.72. The Labute approximate surface area is 128 Å². The molecule has 8 heteroatoms. The monoisotopic (exact) mass is 328 g/mol. The van der Waals surface area contributed by atoms with Gasteiger partial charge in [-0.2, -0.15) is 5.10 Å². The molecule has 0 atom stereocenters. The molecule has 116 valence electrons. The van der Waals surface area contributed by atoms with Gasteiger partial charge in [0.25, 0.3) is 0 Å². The second kappa shape index (κ2) is 6.69. The maximum atomic E-state index is 12.2. The number of nitrogens with two attached hydrogens (primary N) is 1. The van der Waals surface area contributed by atoms with Crippen LogP contribution in [0.4, 0.5) is 0 Å². The maximum Gasteiger partial charge on any atom is 0.241 e. The lowest BCUT2D eigenvalue weighted by molar-refractivity contribution is 0.579. The zero-order valence-corrected chi connectivity index (χ0v) is 13.8. The first-order chi connectivity index (χ1) is 9.94. The third kappa shape index (κ3) is 3.91. The second-order valence-electron chi connectivity index (χ2n) is 4.86. The number of rotatable bonds is 7. The van der Waals surface area contributed by atoms with E-state index in [9.17, 15) is 8.42 Å². The number of nitrogens with one attached hydrogen (secondary N) is 2. The molecule has 0 unspecified atom stereocenters. The van der Waals surface area contributed by atoms with Crippen LogP contribution in [-0.2, 0) is 23.0 Å². The van der Waals surface area contributed by atoms with Crippen molar-refractivity contribution in [3.63, 3.8) is 0 Å². The molecule has 6 nitrogen and oxygen atoms in total. The lowest BCUT2D eigenvalue weighted by Gasteiger charge is -2.06. The van der Waals surface area contributed by atoms with E-state index in [1.807, 2.05) is 6.92 Å². The summed E-state index contributed by atoms with van der Waals surface area (Å²) < 4.78 is 27.1. The van der Waals surface area contributed by atoms with Crippen molar-refractivity contribution in [2.75, 3.05) is 6.54 Å². The predicted octanol–water partition coefficient (Wildman–Crippen LogP) is 1.46. The van der Waals surface area contributed by atoms with E-state index >= 15 is 0 Å². The van der Waals surface area contributed by atoms with Crippen LogP contribution in [0.25, 0.3) is 0 Å². The number of thiophene rings is 1. The number of nitrogens with zero attached hydrogens (tertiary/aromatic N) is 1. The molecule has 4 N–H and O–H groups in total. The summed E-state index contributed by atoms with van der Waals surface area (Å²) >= 11 is 1.42. The molecule has 2 rings (SSSR count). The van der Waals surface area contributed by atoms with Gasteiger partial charge < -0.3 is 5.73 Å². The van der Waals surface area contributed by atoms with Gasteiger partial charge in [0.05, 0.1) is 11.1 Å². The van der Waals surface area contributed by atoms with Crippen LogP contribution >= 0.6 is 11.3 Å². The van der Waals surface area contributed by atoms with Crippen molar-refractivity contribution in [3.05, 3.63) is 33.3 Å². The standard InChI is InChI=1S/C13H20N4O2S2/c1-9-11(8-15-17-9)4-3-5-16-21(18,19)13-6-12(7-14)20-10(13)2/h6,8,16H,3-5,7,14H2,1-2H3,(H,15,17). The van der Waals surface area contributed by atoms with Crippen molar-refractivity contribution in [2.45, 2.75) is 38.1 Å². The minimum atomic E-state index is -3.45. The molecule has 0 radical (unpaired) electrons. The molecule has 0 spiro atoms. The Hall–Kier alpha value is -1.22. The molecule has 0 aliphatic heterocycles. The average molecular weight is 328 g/mol. The number of aromatic nitrogens is 2. The summed E-state index contributed by atoms with van der Waals surface area (Å²) in [4.78, 5) is 1.99. The fraction of sp³-hybridized carbons (Fsp3) is 0.462. The van der Waals surface area contributed by atoms with E-state index in [0.717, 1.165) is 33.9 Å². The summed E-state index contributed by atoms with van der Waals surface area (Å²) in [6.45, 7) is 4.52. The van der Waals surface area contributed by atoms with Gasteiger partial charge in [0, 0.05) is 28.5 Å². The summed E-state index contributed by atoms with van der Waals surface area (Å²) in [5, 5.41) is 6.82. The van der Waals surface area contributed by atoms with Crippen LogP contribution in [-0.4, -0.2) is 25.2 Å². The number of sulfonamides is 1. The first kappa shape index (κ1) is 16.2. The van der Waals surface area contributed by atoms with E-state index < -0.39 is 10.0 Å². The highest BCUT2D eigenvalue weighted by atomic mass is 32.2. The molecular formula is C13H20N4O2S2. The molecule has 0 fully saturated rings. The molecule has 2 aromatic rings. The van der Waals surface area contributed by atoms with Crippen LogP contribution in [0, 0.1) is 13.8 Å². The molecule has 2 aromatic heterocycles. The molecule has 2 heterocycles. The smallest absolute Gasteiger partial charge is 0.241 e. The Balaban J connectivity index is 1.92. The lowest BCUT2D eigenvalue weighted by Crippen LogP contribution is -2.25. The number of aryl methyl sites for hydroxylation is 3. The van der Waals surface area contributed by atoms with Crippen molar-refractivity contribution in [1.29, 1.82) is 0 Å².